The molecule has 10 heteroatoms. The third-order valence-electron chi connectivity index (χ3n) is 12.3. The minimum absolute atomic E-state index is 0.185. The molecule has 0 aliphatic heterocycles. The third kappa shape index (κ3) is 15.3. The topological polar surface area (TPSA) is 119 Å². The van der Waals surface area contributed by atoms with Gasteiger partial charge in [0.2, 0.25) is 0 Å². The lowest BCUT2D eigenvalue weighted by atomic mass is 9.79. The molecule has 0 spiro atoms. The van der Waals surface area contributed by atoms with E-state index >= 15 is 0 Å². The monoisotopic (exact) mass is 987 g/mol. The number of aromatic nitrogens is 2. The first kappa shape index (κ1) is 55.6. The first-order chi connectivity index (χ1) is 32.5. The zero-order chi connectivity index (χ0) is 51.9. The van der Waals surface area contributed by atoms with E-state index < -0.39 is 21.6 Å². The van der Waals surface area contributed by atoms with Gasteiger partial charge in [0.05, 0.1) is 0 Å². The van der Waals surface area contributed by atoms with Gasteiger partial charge in [0.1, 0.15) is 36.2 Å². The minimum atomic E-state index is -0.611. The molecule has 7 rings (SSSR count). The fraction of sp³-hybridized carbons (Fsp3) is 0.433. The first-order valence-corrected chi connectivity index (χ1v) is 28.0. The van der Waals surface area contributed by atoms with Gasteiger partial charge < -0.3 is 19.7 Å². The van der Waals surface area contributed by atoms with Gasteiger partial charge in [-0.1, -0.05) is 132 Å². The van der Waals surface area contributed by atoms with Gasteiger partial charge in [0.25, 0.3) is 0 Å². The molecule has 0 saturated heterocycles. The van der Waals surface area contributed by atoms with Gasteiger partial charge in [-0.2, -0.15) is 0 Å². The number of rotatable bonds is 6. The molecule has 0 atom stereocenters. The number of pyridine rings is 2. The summed E-state index contributed by atoms with van der Waals surface area (Å²) in [4.78, 5) is 8.48. The second-order valence-electron chi connectivity index (χ2n) is 23.0. The van der Waals surface area contributed by atoms with Gasteiger partial charge in [-0.15, -0.1) is 0 Å². The Labute approximate surface area is 424 Å². The molecule has 0 amide bonds. The zero-order valence-corrected chi connectivity index (χ0v) is 46.4. The highest BCUT2D eigenvalue weighted by atomic mass is 32.2. The Kier molecular flexibility index (Phi) is 18.1. The number of fused-ring (bicyclic) bond motifs is 8. The molecular formula is C60H78N2O6S2. The Balaban J connectivity index is 0.00000106. The van der Waals surface area contributed by atoms with Crippen LogP contribution in [0.25, 0.3) is 0 Å². The quantitative estimate of drug-likeness (QED) is 0.169. The van der Waals surface area contributed by atoms with E-state index in [1.54, 1.807) is 49.8 Å². The molecule has 0 fully saturated rings. The molecule has 1 aliphatic rings. The van der Waals surface area contributed by atoms with Crippen LogP contribution < -0.4 is 9.47 Å². The van der Waals surface area contributed by atoms with Crippen molar-refractivity contribution in [1.29, 1.82) is 0 Å². The summed E-state index contributed by atoms with van der Waals surface area (Å²) in [5.41, 5.74) is 13.2. The maximum absolute atomic E-state index is 12.6. The molecular weight excluding hydrogens is 909 g/mol. The summed E-state index contributed by atoms with van der Waals surface area (Å²) < 4.78 is 33.0. The molecule has 0 radical (unpaired) electrons. The summed E-state index contributed by atoms with van der Waals surface area (Å²) in [7, 11) is -1.22. The van der Waals surface area contributed by atoms with Crippen molar-refractivity contribution in [2.75, 3.05) is 25.0 Å². The van der Waals surface area contributed by atoms with E-state index in [9.17, 15) is 18.6 Å². The van der Waals surface area contributed by atoms with Crippen LogP contribution in [-0.4, -0.2) is 53.6 Å². The van der Waals surface area contributed by atoms with Crippen LogP contribution in [-0.2, 0) is 82.2 Å². The van der Waals surface area contributed by atoms with E-state index in [-0.39, 0.29) is 33.2 Å². The smallest absolute Gasteiger partial charge is 0.126 e. The van der Waals surface area contributed by atoms with Crippen molar-refractivity contribution < 1.29 is 28.1 Å². The predicted octanol–water partition coefficient (Wildman–Crippen LogP) is 12.9. The molecule has 8 bridgehead atoms. The van der Waals surface area contributed by atoms with E-state index in [4.69, 9.17) is 9.47 Å². The van der Waals surface area contributed by atoms with Crippen LogP contribution in [0.2, 0.25) is 0 Å². The lowest BCUT2D eigenvalue weighted by Gasteiger charge is -2.28. The van der Waals surface area contributed by atoms with Crippen LogP contribution in [0.1, 0.15) is 161 Å². The van der Waals surface area contributed by atoms with Gasteiger partial charge in [0, 0.05) is 97.1 Å². The maximum atomic E-state index is 12.6. The van der Waals surface area contributed by atoms with Crippen LogP contribution in [0, 0.1) is 0 Å². The molecule has 2 heterocycles. The molecule has 6 aromatic rings. The van der Waals surface area contributed by atoms with Crippen molar-refractivity contribution in [3.63, 3.8) is 0 Å². The summed E-state index contributed by atoms with van der Waals surface area (Å²) in [5, 5.41) is 25.2. The van der Waals surface area contributed by atoms with Gasteiger partial charge in [-0.05, 0) is 124 Å². The second kappa shape index (κ2) is 22.8. The molecule has 4 aromatic carbocycles. The average molecular weight is 987 g/mol. The van der Waals surface area contributed by atoms with Gasteiger partial charge in [-0.3, -0.25) is 18.4 Å². The van der Waals surface area contributed by atoms with Crippen molar-refractivity contribution in [3.8, 4) is 23.0 Å². The van der Waals surface area contributed by atoms with Crippen molar-refractivity contribution in [1.82, 2.24) is 9.97 Å². The standard InChI is InChI=1S/C56H66N2O4.2C2H6OS/c1-53(2,3)45-25-37-21-41-29-47(55(7,8)9)31-43(51(41)61-33-35-13-17-57-18-14-35)23-39-27-46(54(4,5)6)28-40(50(39)60)24-44-32-48(56(10,11)12)30-42(22-38(26-45)49(37)59)52(44)62-34-36-15-19-58-20-16-36;2*1-4(2)3/h13-20,25-32,59-60H,21-24,33-34H2,1-12H3;2*1-2H3. The Hall–Kier alpha value is -5.32. The fourth-order valence-corrected chi connectivity index (χ4v) is 8.29. The predicted molar refractivity (Wildman–Crippen MR) is 292 cm³/mol. The zero-order valence-electron chi connectivity index (χ0n) is 44.7. The summed E-state index contributed by atoms with van der Waals surface area (Å²) in [6.07, 6.45) is 15.5. The molecule has 0 unspecified atom stereocenters. The molecule has 2 aromatic heterocycles. The van der Waals surface area contributed by atoms with Crippen LogP contribution >= 0.6 is 0 Å². The Morgan fingerprint density at radius 3 is 0.814 bits per heavy atom. The minimum Gasteiger partial charge on any atom is -0.507 e. The highest BCUT2D eigenvalue weighted by Crippen LogP contribution is 2.44. The number of hydrogen-bond donors (Lipinski definition) is 2. The van der Waals surface area contributed by atoms with Crippen LogP contribution in [0.3, 0.4) is 0 Å². The van der Waals surface area contributed by atoms with Crippen molar-refractivity contribution in [2.24, 2.45) is 0 Å². The van der Waals surface area contributed by atoms with E-state index in [1.807, 2.05) is 24.3 Å². The van der Waals surface area contributed by atoms with Crippen LogP contribution in [0.5, 0.6) is 23.0 Å². The summed E-state index contributed by atoms with van der Waals surface area (Å²) >= 11 is 0. The molecule has 1 aliphatic carbocycles. The van der Waals surface area contributed by atoms with Gasteiger partial charge in [0.15, 0.2) is 0 Å². The van der Waals surface area contributed by atoms with Gasteiger partial charge in [-0.25, -0.2) is 0 Å². The summed E-state index contributed by atoms with van der Waals surface area (Å²) in [5.74, 6) is 2.12. The SMILES string of the molecule is CC(C)(C)c1cc2c(O)c(c1)Cc1cc(C(C)(C)C)cc(c1OCc1ccncc1)Cc1cc(C(C)(C)C)cc(c1O)Cc1cc(C(C)(C)C)cc(c1OCc1ccncc1)C2.CS(C)=O.CS(C)=O. The lowest BCUT2D eigenvalue weighted by Crippen LogP contribution is -2.16. The number of phenolic OH excluding ortho intramolecular Hbond substituents is 2. The normalized spacial score (nSPS) is 12.9. The van der Waals surface area contributed by atoms with E-state index in [0.717, 1.165) is 78.3 Å². The van der Waals surface area contributed by atoms with Crippen molar-refractivity contribution >= 4 is 21.6 Å². The number of hydrogen-bond acceptors (Lipinski definition) is 8. The molecule has 376 valence electrons. The van der Waals surface area contributed by atoms with E-state index in [0.29, 0.717) is 38.9 Å². The van der Waals surface area contributed by atoms with Crippen molar-refractivity contribution in [2.45, 2.75) is 144 Å². The highest BCUT2D eigenvalue weighted by molar-refractivity contribution is 7.83. The molecule has 70 heavy (non-hydrogen) atoms. The number of aromatic hydroxyl groups is 2. The van der Waals surface area contributed by atoms with E-state index in [1.165, 1.54) is 11.1 Å². The van der Waals surface area contributed by atoms with Crippen LogP contribution in [0.15, 0.2) is 97.6 Å². The summed E-state index contributed by atoms with van der Waals surface area (Å²) in [6, 6.07) is 25.7. The number of ether oxygens (including phenoxy) is 2. The largest absolute Gasteiger partial charge is 0.507 e. The molecule has 2 N–H and O–H groups in total. The Morgan fingerprint density at radius 1 is 0.414 bits per heavy atom. The van der Waals surface area contributed by atoms with E-state index in [2.05, 4.69) is 142 Å². The molecule has 0 saturated carbocycles. The number of nitrogens with zero attached hydrogens (tertiary/aromatic N) is 2. The number of phenols is 2. The fourth-order valence-electron chi connectivity index (χ4n) is 8.29. The summed E-state index contributed by atoms with van der Waals surface area (Å²) in [6.45, 7) is 27.5. The third-order valence-corrected chi connectivity index (χ3v) is 12.3. The Morgan fingerprint density at radius 2 is 0.614 bits per heavy atom. The number of benzene rings is 4. The maximum Gasteiger partial charge on any atom is 0.126 e. The second-order valence-corrected chi connectivity index (χ2v) is 26.0. The lowest BCUT2D eigenvalue weighted by molar-refractivity contribution is 0.299. The first-order valence-electron chi connectivity index (χ1n) is 24.1. The highest BCUT2D eigenvalue weighted by Gasteiger charge is 2.28. The van der Waals surface area contributed by atoms with Crippen LogP contribution in [0.4, 0.5) is 0 Å². The van der Waals surface area contributed by atoms with Crippen molar-refractivity contribution in [3.05, 3.63) is 175 Å². The Bertz CT molecular complexity index is 2500. The van der Waals surface area contributed by atoms with Gasteiger partial charge >= 0.3 is 0 Å². The average Bonchev–Trinajstić information content (AvgIpc) is 3.24. The molecule has 8 nitrogen and oxygen atoms in total.